The highest BCUT2D eigenvalue weighted by Gasteiger charge is 2.50. The SMILES string of the molecule is C#CCNC(=O)C1(C(=O)NCCCC[C@@H](C(=O)NCCc2ccc(NC(=O)CCCCCCC(=O)NO)cc2)[N+](C)(C)C)COC(c2ccc(C(O)C(F)(F)F)cc2)OC1. The average Bonchev–Trinajstić information content (AvgIpc) is 3.21. The third-order valence-electron chi connectivity index (χ3n) is 10.1. The molecule has 1 aliphatic rings. The predicted octanol–water partition coefficient (Wildman–Crippen LogP) is 3.57. The molecule has 330 valence electrons. The number of alkyl halides is 3. The van der Waals surface area contributed by atoms with E-state index in [1.807, 2.05) is 45.4 Å². The molecule has 1 aliphatic heterocycles. The van der Waals surface area contributed by atoms with E-state index < -0.39 is 54.9 Å². The molecule has 1 fully saturated rings. The first-order valence-electron chi connectivity index (χ1n) is 19.9. The van der Waals surface area contributed by atoms with Gasteiger partial charge in [-0.1, -0.05) is 55.2 Å². The Morgan fingerprint density at radius 3 is 2.00 bits per heavy atom. The molecule has 0 aliphatic carbocycles. The van der Waals surface area contributed by atoms with Crippen molar-refractivity contribution in [2.45, 2.75) is 88.8 Å². The van der Waals surface area contributed by atoms with Gasteiger partial charge in [0, 0.05) is 43.6 Å². The lowest BCUT2D eigenvalue weighted by atomic mass is 9.86. The molecule has 1 heterocycles. The van der Waals surface area contributed by atoms with E-state index in [9.17, 15) is 42.3 Å². The van der Waals surface area contributed by atoms with Gasteiger partial charge in [0.2, 0.25) is 23.6 Å². The Labute approximate surface area is 348 Å². The van der Waals surface area contributed by atoms with Crippen molar-refractivity contribution in [3.8, 4) is 12.3 Å². The van der Waals surface area contributed by atoms with Gasteiger partial charge in [0.25, 0.3) is 5.91 Å². The van der Waals surface area contributed by atoms with E-state index in [0.29, 0.717) is 67.2 Å². The Hall–Kier alpha value is -5.06. The number of benzene rings is 2. The Morgan fingerprint density at radius 1 is 0.833 bits per heavy atom. The zero-order valence-electron chi connectivity index (χ0n) is 34.4. The summed E-state index contributed by atoms with van der Waals surface area (Å²) in [5.41, 5.74) is 1.40. The highest BCUT2D eigenvalue weighted by atomic mass is 19.4. The number of carbonyl (C=O) groups is 5. The van der Waals surface area contributed by atoms with Crippen LogP contribution in [0.4, 0.5) is 18.9 Å². The highest BCUT2D eigenvalue weighted by Crippen LogP contribution is 2.36. The normalized spacial score (nSPS) is 17.7. The molecule has 2 aromatic rings. The summed E-state index contributed by atoms with van der Waals surface area (Å²) >= 11 is 0. The molecule has 5 amide bonds. The number of likely N-dealkylation sites (N-methyl/N-ethyl adjacent to an activating group) is 1. The molecule has 1 saturated heterocycles. The van der Waals surface area contributed by atoms with Gasteiger partial charge in [-0.15, -0.1) is 6.42 Å². The molecule has 1 unspecified atom stereocenters. The number of hydrogen-bond donors (Lipinski definition) is 7. The van der Waals surface area contributed by atoms with Crippen LogP contribution in [0.15, 0.2) is 48.5 Å². The Balaban J connectivity index is 1.44. The fourth-order valence-electron chi connectivity index (χ4n) is 6.52. The summed E-state index contributed by atoms with van der Waals surface area (Å²) < 4.78 is 50.6. The number of rotatable bonds is 23. The zero-order valence-corrected chi connectivity index (χ0v) is 34.4. The Morgan fingerprint density at radius 2 is 1.43 bits per heavy atom. The van der Waals surface area contributed by atoms with Crippen LogP contribution in [0.1, 0.15) is 86.9 Å². The number of quaternary nitrogens is 1. The van der Waals surface area contributed by atoms with Crippen LogP contribution in [-0.2, 0) is 39.9 Å². The highest BCUT2D eigenvalue weighted by molar-refractivity contribution is 6.05. The van der Waals surface area contributed by atoms with E-state index >= 15 is 0 Å². The lowest BCUT2D eigenvalue weighted by Gasteiger charge is -2.37. The molecule has 0 bridgehead atoms. The summed E-state index contributed by atoms with van der Waals surface area (Å²) in [5.74, 6) is 0.266. The quantitative estimate of drug-likeness (QED) is 0.0218. The standard InChI is InChI=1S/C42H57F3N6O9/c1-5-24-47-39(56)41(27-59-38(60-28-41)31-19-17-30(18-20-31)36(54)42(43,44)45)40(57)48-25-11-10-12-33(51(2,3)4)37(55)46-26-23-29-15-21-32(22-16-29)49-34(52)13-8-6-7-9-14-35(53)50-58/h1,15-22,33,36,38,54H,6-14,23-28H2,2-4H3,(H5-,46,47,48,49,50,52,53,55,56,57,58)/p+1/t33-,36?,38?,41?/m0/s1. The van der Waals surface area contributed by atoms with Crippen LogP contribution in [0.3, 0.4) is 0 Å². The van der Waals surface area contributed by atoms with E-state index in [2.05, 4.69) is 27.2 Å². The third kappa shape index (κ3) is 15.5. The van der Waals surface area contributed by atoms with Crippen LogP contribution >= 0.6 is 0 Å². The van der Waals surface area contributed by atoms with Crippen molar-refractivity contribution >= 4 is 35.2 Å². The van der Waals surface area contributed by atoms with Crippen LogP contribution in [0.2, 0.25) is 0 Å². The lowest BCUT2D eigenvalue weighted by molar-refractivity contribution is -0.886. The molecule has 3 rings (SSSR count). The van der Waals surface area contributed by atoms with E-state index in [0.717, 1.165) is 30.5 Å². The van der Waals surface area contributed by atoms with Crippen molar-refractivity contribution in [2.75, 3.05) is 59.3 Å². The average molecular weight is 848 g/mol. The molecule has 60 heavy (non-hydrogen) atoms. The summed E-state index contributed by atoms with van der Waals surface area (Å²) in [4.78, 5) is 63.4. The lowest BCUT2D eigenvalue weighted by Crippen LogP contribution is -2.59. The van der Waals surface area contributed by atoms with E-state index in [1.54, 1.807) is 5.48 Å². The van der Waals surface area contributed by atoms with Crippen molar-refractivity contribution in [3.05, 3.63) is 65.2 Å². The number of aliphatic hydroxyl groups excluding tert-OH is 1. The minimum absolute atomic E-state index is 0.103. The maximum atomic E-state index is 13.5. The van der Waals surface area contributed by atoms with Gasteiger partial charge in [0.1, 0.15) is 0 Å². The summed E-state index contributed by atoms with van der Waals surface area (Å²) in [5, 5.41) is 29.2. The van der Waals surface area contributed by atoms with Gasteiger partial charge in [0.05, 0.1) is 40.9 Å². The topological polar surface area (TPSA) is 204 Å². The molecule has 15 nitrogen and oxygen atoms in total. The smallest absolute Gasteiger partial charge is 0.379 e. The van der Waals surface area contributed by atoms with Crippen molar-refractivity contribution in [1.29, 1.82) is 0 Å². The summed E-state index contributed by atoms with van der Waals surface area (Å²) in [7, 11) is 5.77. The van der Waals surface area contributed by atoms with Crippen molar-refractivity contribution in [3.63, 3.8) is 0 Å². The number of carbonyl (C=O) groups excluding carboxylic acids is 5. The van der Waals surface area contributed by atoms with Crippen molar-refractivity contribution in [1.82, 2.24) is 21.4 Å². The van der Waals surface area contributed by atoms with Crippen LogP contribution in [0, 0.1) is 17.8 Å². The first-order valence-corrected chi connectivity index (χ1v) is 19.9. The second-order valence-corrected chi connectivity index (χ2v) is 15.7. The molecule has 18 heteroatoms. The van der Waals surface area contributed by atoms with Crippen LogP contribution < -0.4 is 26.7 Å². The number of amides is 5. The maximum Gasteiger partial charge on any atom is 0.418 e. The van der Waals surface area contributed by atoms with Gasteiger partial charge in [-0.25, -0.2) is 5.48 Å². The number of ether oxygens (including phenoxy) is 2. The van der Waals surface area contributed by atoms with Crippen LogP contribution in [-0.4, -0.2) is 111 Å². The van der Waals surface area contributed by atoms with Gasteiger partial charge in [-0.3, -0.25) is 29.2 Å². The summed E-state index contributed by atoms with van der Waals surface area (Å²) in [6.45, 7) is -0.378. The van der Waals surface area contributed by atoms with E-state index in [4.69, 9.17) is 21.1 Å². The van der Waals surface area contributed by atoms with Gasteiger partial charge < -0.3 is 40.3 Å². The van der Waals surface area contributed by atoms with E-state index in [-0.39, 0.29) is 42.9 Å². The van der Waals surface area contributed by atoms with Gasteiger partial charge in [0.15, 0.2) is 23.9 Å². The van der Waals surface area contributed by atoms with Gasteiger partial charge in [-0.05, 0) is 55.4 Å². The third-order valence-corrected chi connectivity index (χ3v) is 10.1. The first-order chi connectivity index (χ1) is 28.4. The molecule has 0 spiro atoms. The number of hydrogen-bond acceptors (Lipinski definition) is 9. The minimum atomic E-state index is -4.84. The monoisotopic (exact) mass is 847 g/mol. The fourth-order valence-corrected chi connectivity index (χ4v) is 6.52. The molecule has 2 atom stereocenters. The second kappa shape index (κ2) is 23.7. The summed E-state index contributed by atoms with van der Waals surface area (Å²) in [6, 6.07) is 11.8. The maximum absolute atomic E-state index is 13.5. The predicted molar refractivity (Wildman–Crippen MR) is 214 cm³/mol. The Bertz CT molecular complexity index is 1750. The number of halogens is 3. The molecular formula is C42H58F3N6O9+. The number of nitrogens with zero attached hydrogens (tertiary/aromatic N) is 1. The molecular weight excluding hydrogens is 789 g/mol. The van der Waals surface area contributed by atoms with E-state index in [1.165, 1.54) is 12.1 Å². The number of terminal acetylenes is 1. The Kier molecular flexibility index (Phi) is 19.4. The van der Waals surface area contributed by atoms with Crippen molar-refractivity contribution in [2.24, 2.45) is 5.41 Å². The number of unbranched alkanes of at least 4 members (excludes halogenated alkanes) is 4. The van der Waals surface area contributed by atoms with Gasteiger partial charge in [-0.2, -0.15) is 13.2 Å². The molecule has 0 saturated carbocycles. The summed E-state index contributed by atoms with van der Waals surface area (Å²) in [6.07, 6.45) is 2.40. The fraction of sp³-hybridized carbons (Fsp3) is 0.548. The number of hydroxylamine groups is 1. The van der Waals surface area contributed by atoms with Crippen LogP contribution in [0.5, 0.6) is 0 Å². The number of aliphatic hydroxyl groups is 1. The second-order valence-electron chi connectivity index (χ2n) is 15.7. The number of nitrogens with one attached hydrogen (secondary N) is 5. The van der Waals surface area contributed by atoms with Gasteiger partial charge >= 0.3 is 6.18 Å². The minimum Gasteiger partial charge on any atom is -0.379 e. The largest absolute Gasteiger partial charge is 0.418 e. The zero-order chi connectivity index (χ0) is 44.3. The molecule has 2 aromatic carbocycles. The molecule has 0 aromatic heterocycles. The number of anilines is 1. The van der Waals surface area contributed by atoms with Crippen LogP contribution in [0.25, 0.3) is 0 Å². The first kappa shape index (κ1) is 49.3. The van der Waals surface area contributed by atoms with Crippen molar-refractivity contribution < 1.29 is 61.4 Å². The molecule has 7 N–H and O–H groups in total. The molecule has 0 radical (unpaired) electrons.